The van der Waals surface area contributed by atoms with E-state index in [-0.39, 0.29) is 11.6 Å². The second-order valence-corrected chi connectivity index (χ2v) is 7.10. The Bertz CT molecular complexity index is 491. The fourth-order valence-corrected chi connectivity index (χ4v) is 3.88. The standard InChI is InChI=1S/C15H19BrClNO2/c16-11-1-2-13(17)12(7-11)14(18)10-3-5-20-15(8-10)4-6-19-9-15/h1-2,7,10,14H,3-6,8-9,18H2. The third-order valence-electron chi connectivity index (χ3n) is 4.42. The first-order valence-electron chi connectivity index (χ1n) is 7.02. The predicted octanol–water partition coefficient (Wildman–Crippen LogP) is 3.69. The monoisotopic (exact) mass is 359 g/mol. The van der Waals surface area contributed by atoms with Crippen molar-refractivity contribution >= 4 is 27.5 Å². The Balaban J connectivity index is 1.79. The summed E-state index contributed by atoms with van der Waals surface area (Å²) >= 11 is 9.79. The van der Waals surface area contributed by atoms with E-state index in [0.29, 0.717) is 12.5 Å². The molecule has 2 aliphatic rings. The van der Waals surface area contributed by atoms with E-state index < -0.39 is 0 Å². The van der Waals surface area contributed by atoms with Gasteiger partial charge in [0.05, 0.1) is 12.2 Å². The fourth-order valence-electron chi connectivity index (χ4n) is 3.26. The van der Waals surface area contributed by atoms with E-state index in [0.717, 1.165) is 47.5 Å². The van der Waals surface area contributed by atoms with Crippen molar-refractivity contribution in [2.75, 3.05) is 19.8 Å². The first-order chi connectivity index (χ1) is 9.60. The van der Waals surface area contributed by atoms with E-state index in [1.807, 2.05) is 18.2 Å². The van der Waals surface area contributed by atoms with Crippen molar-refractivity contribution < 1.29 is 9.47 Å². The number of hydrogen-bond donors (Lipinski definition) is 1. The third-order valence-corrected chi connectivity index (χ3v) is 5.26. The summed E-state index contributed by atoms with van der Waals surface area (Å²) in [5.41, 5.74) is 7.39. The van der Waals surface area contributed by atoms with Crippen molar-refractivity contribution in [3.05, 3.63) is 33.3 Å². The van der Waals surface area contributed by atoms with Crippen LogP contribution >= 0.6 is 27.5 Å². The molecule has 110 valence electrons. The van der Waals surface area contributed by atoms with Crippen LogP contribution in [0.5, 0.6) is 0 Å². The molecule has 5 heteroatoms. The predicted molar refractivity (Wildman–Crippen MR) is 82.9 cm³/mol. The van der Waals surface area contributed by atoms with Crippen LogP contribution in [-0.4, -0.2) is 25.4 Å². The van der Waals surface area contributed by atoms with Crippen LogP contribution in [0.25, 0.3) is 0 Å². The minimum atomic E-state index is -0.112. The van der Waals surface area contributed by atoms with Gasteiger partial charge >= 0.3 is 0 Å². The molecule has 3 atom stereocenters. The molecule has 1 aromatic rings. The van der Waals surface area contributed by atoms with E-state index in [1.165, 1.54) is 0 Å². The van der Waals surface area contributed by atoms with E-state index in [9.17, 15) is 0 Å². The molecule has 3 unspecified atom stereocenters. The van der Waals surface area contributed by atoms with Gasteiger partial charge in [0.1, 0.15) is 0 Å². The summed E-state index contributed by atoms with van der Waals surface area (Å²) in [5.74, 6) is 0.386. The average molecular weight is 361 g/mol. The average Bonchev–Trinajstić information content (AvgIpc) is 2.88. The van der Waals surface area contributed by atoms with Crippen LogP contribution < -0.4 is 5.73 Å². The van der Waals surface area contributed by atoms with Crippen molar-refractivity contribution in [3.63, 3.8) is 0 Å². The van der Waals surface area contributed by atoms with Gasteiger partial charge < -0.3 is 15.2 Å². The van der Waals surface area contributed by atoms with Crippen LogP contribution in [0.15, 0.2) is 22.7 Å². The number of benzene rings is 1. The molecule has 0 saturated carbocycles. The molecule has 2 saturated heterocycles. The van der Waals surface area contributed by atoms with Crippen molar-refractivity contribution in [2.45, 2.75) is 30.9 Å². The van der Waals surface area contributed by atoms with Gasteiger partial charge in [-0.15, -0.1) is 0 Å². The van der Waals surface area contributed by atoms with Gasteiger partial charge in [-0.1, -0.05) is 27.5 Å². The fraction of sp³-hybridized carbons (Fsp3) is 0.600. The first kappa shape index (κ1) is 14.8. The number of ether oxygens (including phenoxy) is 2. The van der Waals surface area contributed by atoms with Gasteiger partial charge in [0.15, 0.2) is 0 Å². The highest BCUT2D eigenvalue weighted by atomic mass is 79.9. The number of halogens is 2. The first-order valence-corrected chi connectivity index (χ1v) is 8.19. The third kappa shape index (κ3) is 2.90. The minimum absolute atomic E-state index is 0.0543. The molecular formula is C15H19BrClNO2. The molecule has 0 radical (unpaired) electrons. The van der Waals surface area contributed by atoms with Crippen molar-refractivity contribution in [3.8, 4) is 0 Å². The maximum atomic E-state index is 6.49. The van der Waals surface area contributed by atoms with Crippen molar-refractivity contribution in [1.82, 2.24) is 0 Å². The van der Waals surface area contributed by atoms with Gasteiger partial charge in [0.2, 0.25) is 0 Å². The lowest BCUT2D eigenvalue weighted by atomic mass is 9.79. The maximum Gasteiger partial charge on any atom is 0.0940 e. The van der Waals surface area contributed by atoms with Crippen molar-refractivity contribution in [1.29, 1.82) is 0 Å². The summed E-state index contributed by atoms with van der Waals surface area (Å²) in [4.78, 5) is 0. The summed E-state index contributed by atoms with van der Waals surface area (Å²) in [6, 6.07) is 5.81. The Morgan fingerprint density at radius 1 is 1.40 bits per heavy atom. The lowest BCUT2D eigenvalue weighted by Gasteiger charge is -2.39. The molecule has 2 N–H and O–H groups in total. The van der Waals surface area contributed by atoms with Crippen LogP contribution in [0, 0.1) is 5.92 Å². The highest BCUT2D eigenvalue weighted by Gasteiger charge is 2.42. The van der Waals surface area contributed by atoms with E-state index in [4.69, 9.17) is 26.8 Å². The molecule has 1 aromatic carbocycles. The van der Waals surface area contributed by atoms with Crippen LogP contribution in [0.2, 0.25) is 5.02 Å². The molecule has 0 bridgehead atoms. The molecule has 0 aliphatic carbocycles. The highest BCUT2D eigenvalue weighted by Crippen LogP contribution is 2.41. The molecule has 1 spiro atoms. The molecule has 0 aromatic heterocycles. The van der Waals surface area contributed by atoms with Crippen LogP contribution in [0.1, 0.15) is 30.9 Å². The molecule has 2 fully saturated rings. The Morgan fingerprint density at radius 3 is 3.00 bits per heavy atom. The molecule has 3 nitrogen and oxygen atoms in total. The van der Waals surface area contributed by atoms with E-state index in [2.05, 4.69) is 15.9 Å². The second kappa shape index (κ2) is 5.93. The smallest absolute Gasteiger partial charge is 0.0940 e. The van der Waals surface area contributed by atoms with Gasteiger partial charge in [0, 0.05) is 35.2 Å². The maximum absolute atomic E-state index is 6.49. The van der Waals surface area contributed by atoms with Gasteiger partial charge in [-0.05, 0) is 42.5 Å². The van der Waals surface area contributed by atoms with Gasteiger partial charge in [0.25, 0.3) is 0 Å². The molecule has 2 heterocycles. The summed E-state index contributed by atoms with van der Waals surface area (Å²) in [5, 5.41) is 0.740. The zero-order valence-electron chi connectivity index (χ0n) is 11.3. The topological polar surface area (TPSA) is 44.5 Å². The molecular weight excluding hydrogens is 342 g/mol. The molecule has 20 heavy (non-hydrogen) atoms. The van der Waals surface area contributed by atoms with E-state index in [1.54, 1.807) is 0 Å². The van der Waals surface area contributed by atoms with Gasteiger partial charge in [-0.2, -0.15) is 0 Å². The van der Waals surface area contributed by atoms with Crippen molar-refractivity contribution in [2.24, 2.45) is 11.7 Å². The van der Waals surface area contributed by atoms with Gasteiger partial charge in [-0.25, -0.2) is 0 Å². The Kier molecular flexibility index (Phi) is 4.39. The molecule has 3 rings (SSSR count). The lowest BCUT2D eigenvalue weighted by molar-refractivity contribution is -0.101. The Labute approximate surface area is 132 Å². The van der Waals surface area contributed by atoms with Crippen LogP contribution in [0.3, 0.4) is 0 Å². The summed E-state index contributed by atoms with van der Waals surface area (Å²) in [6.45, 7) is 2.25. The SMILES string of the molecule is NC(c1cc(Br)ccc1Cl)C1CCOC2(CCOC2)C1. The lowest BCUT2D eigenvalue weighted by Crippen LogP contribution is -2.43. The van der Waals surface area contributed by atoms with Gasteiger partial charge in [-0.3, -0.25) is 0 Å². The summed E-state index contributed by atoms with van der Waals surface area (Å²) in [7, 11) is 0. The summed E-state index contributed by atoms with van der Waals surface area (Å²) < 4.78 is 12.5. The number of rotatable bonds is 2. The van der Waals surface area contributed by atoms with Crippen LogP contribution in [0.4, 0.5) is 0 Å². The zero-order chi connectivity index (χ0) is 14.2. The highest BCUT2D eigenvalue weighted by molar-refractivity contribution is 9.10. The Morgan fingerprint density at radius 2 is 2.25 bits per heavy atom. The number of hydrogen-bond acceptors (Lipinski definition) is 3. The van der Waals surface area contributed by atoms with E-state index >= 15 is 0 Å². The second-order valence-electron chi connectivity index (χ2n) is 5.78. The van der Waals surface area contributed by atoms with Crippen LogP contribution in [-0.2, 0) is 9.47 Å². The molecule has 2 aliphatic heterocycles. The minimum Gasteiger partial charge on any atom is -0.378 e. The Hall–Kier alpha value is -0.130. The normalized spacial score (nSPS) is 31.6. The number of nitrogens with two attached hydrogens (primary N) is 1. The summed E-state index contributed by atoms with van der Waals surface area (Å²) in [6.07, 6.45) is 2.91. The quantitative estimate of drug-likeness (QED) is 0.875. The molecule has 0 amide bonds. The zero-order valence-corrected chi connectivity index (χ0v) is 13.6. The largest absolute Gasteiger partial charge is 0.378 e.